The van der Waals surface area contributed by atoms with Crippen molar-refractivity contribution in [1.82, 2.24) is 10.2 Å². The molecule has 6 heteroatoms. The van der Waals surface area contributed by atoms with Crippen LogP contribution in [0.1, 0.15) is 12.5 Å². The number of amides is 2. The molecular weight excluding hydrogens is 288 g/mol. The molecule has 2 atom stereocenters. The van der Waals surface area contributed by atoms with Crippen LogP contribution in [0.5, 0.6) is 0 Å². The van der Waals surface area contributed by atoms with Crippen LogP contribution in [0.25, 0.3) is 0 Å². The van der Waals surface area contributed by atoms with Gasteiger partial charge in [0.05, 0.1) is 0 Å². The Balaban J connectivity index is 1.99. The first-order chi connectivity index (χ1) is 10.1. The van der Waals surface area contributed by atoms with Crippen molar-refractivity contribution in [2.75, 3.05) is 18.1 Å². The summed E-state index contributed by atoms with van der Waals surface area (Å²) in [5.41, 5.74) is 0.896. The third-order valence-corrected chi connectivity index (χ3v) is 4.70. The molecule has 2 N–H and O–H groups in total. The molecule has 2 amide bonds. The Morgan fingerprint density at radius 1 is 1.43 bits per heavy atom. The highest BCUT2D eigenvalue weighted by Crippen LogP contribution is 2.16. The molecule has 1 aromatic carbocycles. The van der Waals surface area contributed by atoms with Crippen molar-refractivity contribution in [3.8, 4) is 0 Å². The molecule has 1 aromatic rings. The van der Waals surface area contributed by atoms with Gasteiger partial charge in [0, 0.05) is 30.5 Å². The Bertz CT molecular complexity index is 495. The van der Waals surface area contributed by atoms with Gasteiger partial charge in [-0.1, -0.05) is 30.3 Å². The standard InChI is InChI=1S/C15H20N2O3S/c1-11-10-21-8-7-17(11)15(20)16-13(14(18)19)9-12-5-3-2-4-6-12/h2-6,11,13H,7-10H2,1H3,(H,16,20)(H,18,19). The van der Waals surface area contributed by atoms with Crippen LogP contribution in [0.4, 0.5) is 4.79 Å². The van der Waals surface area contributed by atoms with Gasteiger partial charge in [-0.15, -0.1) is 0 Å². The second-order valence-corrected chi connectivity index (χ2v) is 6.30. The Morgan fingerprint density at radius 3 is 2.76 bits per heavy atom. The number of nitrogens with one attached hydrogen (secondary N) is 1. The number of carboxylic acids is 1. The van der Waals surface area contributed by atoms with Crippen LogP contribution >= 0.6 is 11.8 Å². The fourth-order valence-electron chi connectivity index (χ4n) is 2.31. The SMILES string of the molecule is CC1CSCCN1C(=O)NC(Cc1ccccc1)C(=O)O. The molecule has 0 saturated carbocycles. The number of nitrogens with zero attached hydrogens (tertiary/aromatic N) is 1. The lowest BCUT2D eigenvalue weighted by atomic mass is 10.1. The minimum atomic E-state index is -1.01. The molecule has 21 heavy (non-hydrogen) atoms. The molecule has 5 nitrogen and oxygen atoms in total. The summed E-state index contributed by atoms with van der Waals surface area (Å²) in [7, 11) is 0. The minimum Gasteiger partial charge on any atom is -0.480 e. The maximum Gasteiger partial charge on any atom is 0.326 e. The molecule has 0 bridgehead atoms. The number of rotatable bonds is 4. The highest BCUT2D eigenvalue weighted by Gasteiger charge is 2.27. The van der Waals surface area contributed by atoms with Crippen LogP contribution in [0, 0.1) is 0 Å². The fourth-order valence-corrected chi connectivity index (χ4v) is 3.32. The molecule has 1 aliphatic heterocycles. The smallest absolute Gasteiger partial charge is 0.326 e. The lowest BCUT2D eigenvalue weighted by Crippen LogP contribution is -2.53. The Kier molecular flexibility index (Phi) is 5.50. The minimum absolute atomic E-state index is 0.134. The number of hydrogen-bond donors (Lipinski definition) is 2. The summed E-state index contributed by atoms with van der Waals surface area (Å²) in [5.74, 6) is 0.782. The summed E-state index contributed by atoms with van der Waals surface area (Å²) in [5, 5.41) is 12.0. The highest BCUT2D eigenvalue weighted by atomic mass is 32.2. The zero-order valence-corrected chi connectivity index (χ0v) is 12.8. The quantitative estimate of drug-likeness (QED) is 0.890. The number of thioether (sulfide) groups is 1. The first kappa shape index (κ1) is 15.7. The fraction of sp³-hybridized carbons (Fsp3) is 0.467. The van der Waals surface area contributed by atoms with E-state index in [4.69, 9.17) is 0 Å². The van der Waals surface area contributed by atoms with Crippen molar-refractivity contribution >= 4 is 23.8 Å². The predicted octanol–water partition coefficient (Wildman–Crippen LogP) is 1.83. The second kappa shape index (κ2) is 7.36. The van der Waals surface area contributed by atoms with E-state index in [1.165, 1.54) is 0 Å². The summed E-state index contributed by atoms with van der Waals surface area (Å²) >= 11 is 1.81. The van der Waals surface area contributed by atoms with E-state index in [9.17, 15) is 14.7 Å². The molecule has 0 aromatic heterocycles. The number of carbonyl (C=O) groups is 2. The van der Waals surface area contributed by atoms with E-state index in [1.807, 2.05) is 49.0 Å². The first-order valence-electron chi connectivity index (χ1n) is 6.99. The normalized spacial score (nSPS) is 19.9. The number of benzene rings is 1. The van der Waals surface area contributed by atoms with E-state index in [0.717, 1.165) is 17.1 Å². The van der Waals surface area contributed by atoms with Gasteiger partial charge in [0.15, 0.2) is 0 Å². The van der Waals surface area contributed by atoms with Gasteiger partial charge in [0.2, 0.25) is 0 Å². The van der Waals surface area contributed by atoms with E-state index in [1.54, 1.807) is 4.90 Å². The molecule has 1 fully saturated rings. The number of carbonyl (C=O) groups excluding carboxylic acids is 1. The summed E-state index contributed by atoms with van der Waals surface area (Å²) in [6, 6.07) is 8.28. The molecule has 2 unspecified atom stereocenters. The second-order valence-electron chi connectivity index (χ2n) is 5.15. The van der Waals surface area contributed by atoms with Crippen LogP contribution in [0.2, 0.25) is 0 Å². The molecule has 2 rings (SSSR count). The van der Waals surface area contributed by atoms with Gasteiger partial charge in [-0.3, -0.25) is 0 Å². The molecule has 1 heterocycles. The predicted molar refractivity (Wildman–Crippen MR) is 83.6 cm³/mol. The number of carboxylic acid groups (broad SMARTS) is 1. The lowest BCUT2D eigenvalue weighted by Gasteiger charge is -2.33. The van der Waals surface area contributed by atoms with Crippen LogP contribution in [0.3, 0.4) is 0 Å². The van der Waals surface area contributed by atoms with Crippen LogP contribution in [-0.2, 0) is 11.2 Å². The van der Waals surface area contributed by atoms with Gasteiger partial charge < -0.3 is 15.3 Å². The highest BCUT2D eigenvalue weighted by molar-refractivity contribution is 7.99. The van der Waals surface area contributed by atoms with Gasteiger partial charge in [0.1, 0.15) is 6.04 Å². The van der Waals surface area contributed by atoms with Crippen LogP contribution in [-0.4, -0.2) is 52.1 Å². The van der Waals surface area contributed by atoms with Crippen molar-refractivity contribution in [3.63, 3.8) is 0 Å². The van der Waals surface area contributed by atoms with E-state index in [2.05, 4.69) is 5.32 Å². The number of urea groups is 1. The van der Waals surface area contributed by atoms with Gasteiger partial charge in [0.25, 0.3) is 0 Å². The van der Waals surface area contributed by atoms with Crippen LogP contribution in [0.15, 0.2) is 30.3 Å². The maximum atomic E-state index is 12.3. The van der Waals surface area contributed by atoms with Crippen molar-refractivity contribution in [1.29, 1.82) is 0 Å². The lowest BCUT2D eigenvalue weighted by molar-refractivity contribution is -0.139. The summed E-state index contributed by atoms with van der Waals surface area (Å²) in [6.07, 6.45) is 0.291. The van der Waals surface area contributed by atoms with Gasteiger partial charge in [-0.05, 0) is 12.5 Å². The average Bonchev–Trinajstić information content (AvgIpc) is 2.48. The summed E-state index contributed by atoms with van der Waals surface area (Å²) in [4.78, 5) is 25.3. The first-order valence-corrected chi connectivity index (χ1v) is 8.15. The van der Waals surface area contributed by atoms with E-state index in [-0.39, 0.29) is 12.1 Å². The zero-order chi connectivity index (χ0) is 15.2. The number of hydrogen-bond acceptors (Lipinski definition) is 3. The molecule has 114 valence electrons. The molecule has 0 aliphatic carbocycles. The van der Waals surface area contributed by atoms with Crippen molar-refractivity contribution in [3.05, 3.63) is 35.9 Å². The van der Waals surface area contributed by atoms with E-state index < -0.39 is 12.0 Å². The molecule has 1 saturated heterocycles. The van der Waals surface area contributed by atoms with Crippen molar-refractivity contribution in [2.24, 2.45) is 0 Å². The van der Waals surface area contributed by atoms with E-state index >= 15 is 0 Å². The average molecular weight is 308 g/mol. The molecule has 0 radical (unpaired) electrons. The van der Waals surface area contributed by atoms with Crippen molar-refractivity contribution in [2.45, 2.75) is 25.4 Å². The zero-order valence-electron chi connectivity index (χ0n) is 12.0. The van der Waals surface area contributed by atoms with E-state index in [0.29, 0.717) is 13.0 Å². The largest absolute Gasteiger partial charge is 0.480 e. The molecular formula is C15H20N2O3S. The Morgan fingerprint density at radius 2 is 2.14 bits per heavy atom. The summed E-state index contributed by atoms with van der Waals surface area (Å²) < 4.78 is 0. The van der Waals surface area contributed by atoms with Gasteiger partial charge >= 0.3 is 12.0 Å². The summed E-state index contributed by atoms with van der Waals surface area (Å²) in [6.45, 7) is 2.65. The monoisotopic (exact) mass is 308 g/mol. The third kappa shape index (κ3) is 4.39. The maximum absolute atomic E-state index is 12.3. The van der Waals surface area contributed by atoms with Crippen LogP contribution < -0.4 is 5.32 Å². The number of aliphatic carboxylic acids is 1. The third-order valence-electron chi connectivity index (χ3n) is 3.51. The van der Waals surface area contributed by atoms with Gasteiger partial charge in [-0.25, -0.2) is 9.59 Å². The molecule has 0 spiro atoms. The van der Waals surface area contributed by atoms with Crippen molar-refractivity contribution < 1.29 is 14.7 Å². The Hall–Kier alpha value is -1.69. The Labute approximate surface area is 128 Å². The topological polar surface area (TPSA) is 69.6 Å². The molecule has 1 aliphatic rings. The van der Waals surface area contributed by atoms with Gasteiger partial charge in [-0.2, -0.15) is 11.8 Å².